The molecule has 0 rings (SSSR count). The van der Waals surface area contributed by atoms with Crippen LogP contribution in [0.25, 0.3) is 0 Å². The van der Waals surface area contributed by atoms with Gasteiger partial charge in [0.2, 0.25) is 0 Å². The van der Waals surface area contributed by atoms with E-state index >= 15 is 0 Å². The molecule has 0 fully saturated rings. The van der Waals surface area contributed by atoms with Crippen molar-refractivity contribution in [2.24, 2.45) is 0 Å². The molecular formula is C12H24OS2. The second-order valence-corrected chi connectivity index (χ2v) is 6.53. The molecule has 0 aliphatic carbocycles. The maximum atomic E-state index is 10.9. The number of rotatable bonds is 10. The Kier molecular flexibility index (Phi) is 11.1. The largest absolute Gasteiger partial charge is 0.302 e. The molecule has 0 saturated carbocycles. The molecule has 15 heavy (non-hydrogen) atoms. The standard InChI is InChI=1S/C12H24OS2/c1-4-6-8-14-11(3)12(10-13)15-9-7-5-2/h10-12H,4-9H2,1-3H3. The van der Waals surface area contributed by atoms with E-state index < -0.39 is 0 Å². The second kappa shape index (κ2) is 10.9. The van der Waals surface area contributed by atoms with Crippen molar-refractivity contribution in [3.05, 3.63) is 0 Å². The lowest BCUT2D eigenvalue weighted by molar-refractivity contribution is -0.107. The Hall–Kier alpha value is 0.370. The van der Waals surface area contributed by atoms with E-state index in [1.54, 1.807) is 0 Å². The molecule has 3 heteroatoms. The minimum Gasteiger partial charge on any atom is -0.302 e. The van der Waals surface area contributed by atoms with Gasteiger partial charge in [-0.3, -0.25) is 0 Å². The molecule has 90 valence electrons. The molecule has 0 amide bonds. The Morgan fingerprint density at radius 3 is 2.07 bits per heavy atom. The zero-order valence-electron chi connectivity index (χ0n) is 10.2. The Morgan fingerprint density at radius 1 is 1.07 bits per heavy atom. The first-order valence-corrected chi connectivity index (χ1v) is 8.04. The average Bonchev–Trinajstić information content (AvgIpc) is 2.24. The third-order valence-corrected chi connectivity index (χ3v) is 5.23. The molecule has 0 saturated heterocycles. The normalized spacial score (nSPS) is 14.9. The molecule has 2 unspecified atom stereocenters. The molecule has 0 bridgehead atoms. The van der Waals surface area contributed by atoms with Gasteiger partial charge >= 0.3 is 0 Å². The molecule has 0 radical (unpaired) electrons. The smallest absolute Gasteiger partial charge is 0.134 e. The van der Waals surface area contributed by atoms with Crippen LogP contribution in [0.4, 0.5) is 0 Å². The van der Waals surface area contributed by atoms with Crippen molar-refractivity contribution in [1.29, 1.82) is 0 Å². The summed E-state index contributed by atoms with van der Waals surface area (Å²) in [5.41, 5.74) is 0. The summed E-state index contributed by atoms with van der Waals surface area (Å²) >= 11 is 3.76. The highest BCUT2D eigenvalue weighted by molar-refractivity contribution is 8.04. The summed E-state index contributed by atoms with van der Waals surface area (Å²) in [7, 11) is 0. The molecule has 0 spiro atoms. The average molecular weight is 248 g/mol. The Labute approximate surface area is 103 Å². The maximum absolute atomic E-state index is 10.9. The van der Waals surface area contributed by atoms with Gasteiger partial charge in [0, 0.05) is 5.25 Å². The van der Waals surface area contributed by atoms with E-state index in [1.807, 2.05) is 23.5 Å². The number of thioether (sulfide) groups is 2. The Morgan fingerprint density at radius 2 is 1.60 bits per heavy atom. The van der Waals surface area contributed by atoms with Crippen LogP contribution in [0.1, 0.15) is 46.5 Å². The van der Waals surface area contributed by atoms with Crippen molar-refractivity contribution < 1.29 is 4.79 Å². The van der Waals surface area contributed by atoms with Gasteiger partial charge in [0.1, 0.15) is 6.29 Å². The van der Waals surface area contributed by atoms with Crippen molar-refractivity contribution in [2.45, 2.75) is 57.0 Å². The molecule has 2 atom stereocenters. The highest BCUT2D eigenvalue weighted by atomic mass is 32.2. The van der Waals surface area contributed by atoms with Gasteiger partial charge in [-0.15, -0.1) is 11.8 Å². The van der Waals surface area contributed by atoms with Crippen LogP contribution in [-0.2, 0) is 4.79 Å². The fourth-order valence-corrected chi connectivity index (χ4v) is 3.79. The minimum absolute atomic E-state index is 0.193. The van der Waals surface area contributed by atoms with Crippen LogP contribution in [0.3, 0.4) is 0 Å². The summed E-state index contributed by atoms with van der Waals surface area (Å²) < 4.78 is 0. The second-order valence-electron chi connectivity index (χ2n) is 3.75. The monoisotopic (exact) mass is 248 g/mol. The van der Waals surface area contributed by atoms with Crippen molar-refractivity contribution in [3.63, 3.8) is 0 Å². The van der Waals surface area contributed by atoms with E-state index in [0.717, 1.165) is 12.0 Å². The Balaban J connectivity index is 3.67. The zero-order valence-corrected chi connectivity index (χ0v) is 11.8. The fourth-order valence-electron chi connectivity index (χ4n) is 1.16. The van der Waals surface area contributed by atoms with Gasteiger partial charge in [-0.25, -0.2) is 0 Å². The van der Waals surface area contributed by atoms with Crippen LogP contribution >= 0.6 is 23.5 Å². The first-order valence-electron chi connectivity index (χ1n) is 5.94. The lowest BCUT2D eigenvalue weighted by atomic mass is 10.3. The van der Waals surface area contributed by atoms with Crippen LogP contribution in [0, 0.1) is 0 Å². The number of unbranched alkanes of at least 4 members (excludes halogenated alkanes) is 2. The summed E-state index contributed by atoms with van der Waals surface area (Å²) in [6.45, 7) is 6.58. The van der Waals surface area contributed by atoms with Crippen molar-refractivity contribution in [2.75, 3.05) is 11.5 Å². The third kappa shape index (κ3) is 8.21. The van der Waals surface area contributed by atoms with Crippen LogP contribution in [0.2, 0.25) is 0 Å². The maximum Gasteiger partial charge on any atom is 0.134 e. The van der Waals surface area contributed by atoms with Gasteiger partial charge in [0.15, 0.2) is 0 Å². The highest BCUT2D eigenvalue weighted by Crippen LogP contribution is 2.24. The van der Waals surface area contributed by atoms with Gasteiger partial charge in [-0.1, -0.05) is 33.6 Å². The van der Waals surface area contributed by atoms with Crippen molar-refractivity contribution in [1.82, 2.24) is 0 Å². The summed E-state index contributed by atoms with van der Waals surface area (Å²) in [4.78, 5) is 10.9. The van der Waals surface area contributed by atoms with Gasteiger partial charge in [0.25, 0.3) is 0 Å². The number of hydrogen-bond donors (Lipinski definition) is 0. The quantitative estimate of drug-likeness (QED) is 0.429. The first-order chi connectivity index (χ1) is 7.26. The van der Waals surface area contributed by atoms with Gasteiger partial charge in [-0.2, -0.15) is 11.8 Å². The summed E-state index contributed by atoms with van der Waals surface area (Å²) in [5, 5.41) is 0.661. The molecule has 0 aliphatic heterocycles. The zero-order chi connectivity index (χ0) is 11.5. The van der Waals surface area contributed by atoms with E-state index in [4.69, 9.17) is 0 Å². The molecule has 1 nitrogen and oxygen atoms in total. The number of hydrogen-bond acceptors (Lipinski definition) is 3. The van der Waals surface area contributed by atoms with E-state index in [0.29, 0.717) is 5.25 Å². The number of carbonyl (C=O) groups is 1. The third-order valence-electron chi connectivity index (χ3n) is 2.28. The van der Waals surface area contributed by atoms with Gasteiger partial charge in [-0.05, 0) is 24.3 Å². The van der Waals surface area contributed by atoms with E-state index in [9.17, 15) is 4.79 Å². The summed E-state index contributed by atoms with van der Waals surface area (Å²) in [5.74, 6) is 2.31. The number of carbonyl (C=O) groups excluding carboxylic acids is 1. The first kappa shape index (κ1) is 15.4. The summed E-state index contributed by atoms with van der Waals surface area (Å²) in [6, 6.07) is 0. The van der Waals surface area contributed by atoms with E-state index in [-0.39, 0.29) is 5.25 Å². The van der Waals surface area contributed by atoms with Crippen LogP contribution in [0.15, 0.2) is 0 Å². The number of aldehydes is 1. The van der Waals surface area contributed by atoms with Crippen LogP contribution < -0.4 is 0 Å². The van der Waals surface area contributed by atoms with E-state index in [2.05, 4.69) is 20.8 Å². The molecule has 0 aromatic carbocycles. The molecular weight excluding hydrogens is 224 g/mol. The summed E-state index contributed by atoms with van der Waals surface area (Å²) in [6.07, 6.45) is 6.08. The predicted octanol–water partition coefficient (Wildman–Crippen LogP) is 4.01. The van der Waals surface area contributed by atoms with Gasteiger partial charge in [0.05, 0.1) is 5.25 Å². The molecule has 0 aromatic rings. The lowest BCUT2D eigenvalue weighted by Crippen LogP contribution is -2.19. The molecule has 0 aromatic heterocycles. The minimum atomic E-state index is 0.193. The molecule has 0 aliphatic rings. The molecule has 0 heterocycles. The van der Waals surface area contributed by atoms with E-state index in [1.165, 1.54) is 31.4 Å². The lowest BCUT2D eigenvalue weighted by Gasteiger charge is -2.17. The fraction of sp³-hybridized carbons (Fsp3) is 0.917. The molecule has 0 N–H and O–H groups in total. The predicted molar refractivity (Wildman–Crippen MR) is 74.0 cm³/mol. The van der Waals surface area contributed by atoms with Crippen LogP contribution in [-0.4, -0.2) is 28.3 Å². The topological polar surface area (TPSA) is 17.1 Å². The Bertz CT molecular complexity index is 151. The van der Waals surface area contributed by atoms with Crippen molar-refractivity contribution >= 4 is 29.8 Å². The SMILES string of the molecule is CCCCSC(C)C(C=O)SCCCC. The highest BCUT2D eigenvalue weighted by Gasteiger charge is 2.16. The van der Waals surface area contributed by atoms with Crippen LogP contribution in [0.5, 0.6) is 0 Å². The van der Waals surface area contributed by atoms with Crippen molar-refractivity contribution in [3.8, 4) is 0 Å². The van der Waals surface area contributed by atoms with Gasteiger partial charge < -0.3 is 4.79 Å².